The van der Waals surface area contributed by atoms with E-state index in [1.54, 1.807) is 11.9 Å². The summed E-state index contributed by atoms with van der Waals surface area (Å²) in [5.41, 5.74) is 8.97. The molecule has 0 radical (unpaired) electrons. The van der Waals surface area contributed by atoms with Crippen LogP contribution in [0.15, 0.2) is 53.5 Å². The van der Waals surface area contributed by atoms with Gasteiger partial charge in [-0.15, -0.1) is 0 Å². The third-order valence-electron chi connectivity index (χ3n) is 6.15. The predicted molar refractivity (Wildman–Crippen MR) is 142 cm³/mol. The first-order chi connectivity index (χ1) is 17.0. The van der Waals surface area contributed by atoms with Gasteiger partial charge < -0.3 is 26.0 Å². The Morgan fingerprint density at radius 2 is 1.83 bits per heavy atom. The van der Waals surface area contributed by atoms with Gasteiger partial charge in [0, 0.05) is 71.2 Å². The van der Waals surface area contributed by atoms with Crippen LogP contribution in [0.2, 0.25) is 0 Å². The molecule has 35 heavy (non-hydrogen) atoms. The Balaban J connectivity index is 1.60. The second kappa shape index (κ2) is 13.7. The van der Waals surface area contributed by atoms with Crippen molar-refractivity contribution in [2.24, 2.45) is 10.7 Å². The van der Waals surface area contributed by atoms with E-state index in [4.69, 9.17) is 10.5 Å². The number of hydrogen-bond donors (Lipinski definition) is 3. The van der Waals surface area contributed by atoms with Crippen LogP contribution in [0.5, 0.6) is 5.75 Å². The Bertz CT molecular complexity index is 959. The molecule has 0 spiro atoms. The molecule has 9 heteroatoms. The zero-order valence-electron chi connectivity index (χ0n) is 21.2. The Labute approximate surface area is 208 Å². The molecule has 2 aromatic rings. The van der Waals surface area contributed by atoms with Crippen LogP contribution in [0.1, 0.15) is 11.1 Å². The number of carbonyl (C=O) groups is 1. The molecule has 0 bridgehead atoms. The minimum absolute atomic E-state index is 0.166. The summed E-state index contributed by atoms with van der Waals surface area (Å²) in [6, 6.07) is 16.2. The van der Waals surface area contributed by atoms with Crippen molar-refractivity contribution in [1.82, 2.24) is 20.0 Å². The third-order valence-corrected chi connectivity index (χ3v) is 6.15. The van der Waals surface area contributed by atoms with Gasteiger partial charge in [-0.25, -0.2) is 0 Å². The zero-order chi connectivity index (χ0) is 25.0. The molecule has 0 unspecified atom stereocenters. The van der Waals surface area contributed by atoms with Crippen molar-refractivity contribution >= 4 is 17.6 Å². The van der Waals surface area contributed by atoms with Crippen molar-refractivity contribution < 1.29 is 9.53 Å². The number of rotatable bonds is 11. The number of hydrogen-bond acceptors (Lipinski definition) is 6. The highest BCUT2D eigenvalue weighted by Crippen LogP contribution is 2.26. The minimum atomic E-state index is 0.166. The van der Waals surface area contributed by atoms with Crippen LogP contribution in [-0.2, 0) is 17.9 Å². The molecule has 1 amide bonds. The van der Waals surface area contributed by atoms with Crippen molar-refractivity contribution in [3.63, 3.8) is 0 Å². The molecule has 1 saturated heterocycles. The van der Waals surface area contributed by atoms with Gasteiger partial charge in [-0.2, -0.15) is 0 Å². The number of amides is 1. The topological polar surface area (TPSA) is 98.5 Å². The Morgan fingerprint density at radius 1 is 1.11 bits per heavy atom. The summed E-state index contributed by atoms with van der Waals surface area (Å²) >= 11 is 0. The Hall–Kier alpha value is -3.14. The van der Waals surface area contributed by atoms with Crippen LogP contribution in [-0.4, -0.2) is 93.5 Å². The Morgan fingerprint density at radius 3 is 2.51 bits per heavy atom. The minimum Gasteiger partial charge on any atom is -0.489 e. The first kappa shape index (κ1) is 26.5. The fourth-order valence-corrected chi connectivity index (χ4v) is 3.92. The van der Waals surface area contributed by atoms with E-state index in [0.29, 0.717) is 19.1 Å². The predicted octanol–water partition coefficient (Wildman–Crippen LogP) is 1.42. The molecule has 1 heterocycles. The standard InChI is InChI=1S/C26H39N7O2/c1-28-11-12-31(3)25(34)19-33-15-13-32(14-16-33)18-22-17-23(30-26(27)29-2)9-10-24(22)35-20-21-7-5-4-6-8-21/h4-10,17,28H,11-16,18-20H2,1-3H3,(H3,27,29,30). The van der Waals surface area contributed by atoms with Gasteiger partial charge in [0.1, 0.15) is 12.4 Å². The third kappa shape index (κ3) is 8.54. The molecule has 0 aliphatic carbocycles. The van der Waals surface area contributed by atoms with Crippen LogP contribution < -0.4 is 21.1 Å². The van der Waals surface area contributed by atoms with Crippen LogP contribution >= 0.6 is 0 Å². The fourth-order valence-electron chi connectivity index (χ4n) is 3.92. The van der Waals surface area contributed by atoms with Gasteiger partial charge in [-0.05, 0) is 30.8 Å². The van der Waals surface area contributed by atoms with Crippen LogP contribution in [0.4, 0.5) is 5.69 Å². The van der Waals surface area contributed by atoms with Crippen molar-refractivity contribution in [2.75, 3.05) is 72.3 Å². The number of aliphatic imine (C=N–C) groups is 1. The van der Waals surface area contributed by atoms with Crippen molar-refractivity contribution in [3.05, 3.63) is 59.7 Å². The van der Waals surface area contributed by atoms with Gasteiger partial charge in [0.2, 0.25) is 5.91 Å². The maximum absolute atomic E-state index is 12.5. The summed E-state index contributed by atoms with van der Waals surface area (Å²) in [5, 5.41) is 6.21. The normalized spacial score (nSPS) is 15.1. The van der Waals surface area contributed by atoms with E-state index in [1.165, 1.54) is 0 Å². The molecule has 0 atom stereocenters. The summed E-state index contributed by atoms with van der Waals surface area (Å²) < 4.78 is 6.20. The molecular formula is C26H39N7O2. The van der Waals surface area contributed by atoms with Gasteiger partial charge in [0.05, 0.1) is 6.54 Å². The van der Waals surface area contributed by atoms with Crippen molar-refractivity contribution in [3.8, 4) is 5.75 Å². The number of carbonyl (C=O) groups excluding carboxylic acids is 1. The summed E-state index contributed by atoms with van der Waals surface area (Å²) in [4.78, 5) is 22.9. The van der Waals surface area contributed by atoms with Gasteiger partial charge in [-0.3, -0.25) is 19.6 Å². The number of guanidine groups is 1. The molecule has 2 aromatic carbocycles. The summed E-state index contributed by atoms with van der Waals surface area (Å²) in [5.74, 6) is 1.39. The van der Waals surface area contributed by atoms with E-state index in [2.05, 4.69) is 43.6 Å². The van der Waals surface area contributed by atoms with E-state index < -0.39 is 0 Å². The molecule has 3 rings (SSSR count). The number of likely N-dealkylation sites (N-methyl/N-ethyl adjacent to an activating group) is 2. The molecular weight excluding hydrogens is 442 g/mol. The molecule has 1 aliphatic rings. The lowest BCUT2D eigenvalue weighted by atomic mass is 10.1. The average molecular weight is 482 g/mol. The van der Waals surface area contributed by atoms with E-state index in [9.17, 15) is 4.79 Å². The number of piperazine rings is 1. The molecule has 1 aliphatic heterocycles. The quantitative estimate of drug-likeness (QED) is 0.330. The van der Waals surface area contributed by atoms with Gasteiger partial charge in [0.25, 0.3) is 0 Å². The largest absolute Gasteiger partial charge is 0.489 e. The molecule has 0 saturated carbocycles. The fraction of sp³-hybridized carbons (Fsp3) is 0.462. The Kier molecular flexibility index (Phi) is 10.3. The molecule has 0 aromatic heterocycles. The number of ether oxygens (including phenoxy) is 1. The molecule has 190 valence electrons. The van der Waals surface area contributed by atoms with E-state index in [0.717, 1.165) is 68.4 Å². The highest BCUT2D eigenvalue weighted by molar-refractivity contribution is 5.92. The van der Waals surface area contributed by atoms with Crippen molar-refractivity contribution in [1.29, 1.82) is 0 Å². The number of nitrogens with zero attached hydrogens (tertiary/aromatic N) is 4. The maximum Gasteiger partial charge on any atom is 0.236 e. The molecule has 4 N–H and O–H groups in total. The number of benzene rings is 2. The summed E-state index contributed by atoms with van der Waals surface area (Å²) in [6.07, 6.45) is 0. The monoisotopic (exact) mass is 481 g/mol. The highest BCUT2D eigenvalue weighted by atomic mass is 16.5. The smallest absolute Gasteiger partial charge is 0.236 e. The first-order valence-corrected chi connectivity index (χ1v) is 12.1. The number of nitrogens with two attached hydrogens (primary N) is 1. The average Bonchev–Trinajstić information content (AvgIpc) is 2.88. The van der Waals surface area contributed by atoms with E-state index in [1.807, 2.05) is 44.4 Å². The highest BCUT2D eigenvalue weighted by Gasteiger charge is 2.21. The van der Waals surface area contributed by atoms with Crippen molar-refractivity contribution in [2.45, 2.75) is 13.2 Å². The second-order valence-corrected chi connectivity index (χ2v) is 8.80. The van der Waals surface area contributed by atoms with Gasteiger partial charge in [-0.1, -0.05) is 30.3 Å². The zero-order valence-corrected chi connectivity index (χ0v) is 21.2. The molecule has 1 fully saturated rings. The second-order valence-electron chi connectivity index (χ2n) is 8.80. The number of anilines is 1. The summed E-state index contributed by atoms with van der Waals surface area (Å²) in [6.45, 7) is 6.76. The van der Waals surface area contributed by atoms with Crippen LogP contribution in [0.3, 0.4) is 0 Å². The SMILES string of the molecule is CN=C(N)Nc1ccc(OCc2ccccc2)c(CN2CCN(CC(=O)N(C)CCNC)CC2)c1. The lowest BCUT2D eigenvalue weighted by molar-refractivity contribution is -0.131. The molecule has 9 nitrogen and oxygen atoms in total. The summed E-state index contributed by atoms with van der Waals surface area (Å²) in [7, 11) is 5.42. The van der Waals surface area contributed by atoms with Gasteiger partial charge in [0.15, 0.2) is 5.96 Å². The first-order valence-electron chi connectivity index (χ1n) is 12.1. The number of nitrogens with one attached hydrogen (secondary N) is 2. The van der Waals surface area contributed by atoms with E-state index >= 15 is 0 Å². The van der Waals surface area contributed by atoms with E-state index in [-0.39, 0.29) is 5.91 Å². The van der Waals surface area contributed by atoms with Gasteiger partial charge >= 0.3 is 0 Å². The lowest BCUT2D eigenvalue weighted by Gasteiger charge is -2.35. The van der Waals surface area contributed by atoms with Crippen LogP contribution in [0, 0.1) is 0 Å². The maximum atomic E-state index is 12.5. The lowest BCUT2D eigenvalue weighted by Crippen LogP contribution is -2.49. The van der Waals surface area contributed by atoms with Crippen LogP contribution in [0.25, 0.3) is 0 Å².